The third kappa shape index (κ3) is 31.3. The van der Waals surface area contributed by atoms with Crippen LogP contribution in [0.4, 0.5) is 0 Å². The SMILES string of the molecule is CC/C=C/C/C=C/CCCCCCCCCC(=O)OC(COCCC(C(=O)[O-])[N+](C)(C)C)COC(=O)CCCCCCC/C=C/CCCC. The summed E-state index contributed by atoms with van der Waals surface area (Å²) in [4.78, 5) is 36.6. The van der Waals surface area contributed by atoms with Gasteiger partial charge < -0.3 is 28.6 Å². The Balaban J connectivity index is 4.43. The highest BCUT2D eigenvalue weighted by Gasteiger charge is 2.25. The number of allylic oxidation sites excluding steroid dienone is 6. The molecule has 0 saturated carbocycles. The standard InChI is InChI=1S/C41H73NO7/c1-6-8-10-12-14-16-18-19-20-22-24-26-28-30-32-40(44)49-37(35-47-34-33-38(41(45)46)42(3,4)5)36-48-39(43)31-29-27-25-23-21-17-15-13-11-9-7-2/h8,10,13-16,37-38H,6-7,9,11-12,17-36H2,1-5H3/b10-8+,15-13+,16-14+. The number of quaternary nitrogens is 1. The number of carboxylic acids is 1. The van der Waals surface area contributed by atoms with Crippen LogP contribution in [0.1, 0.15) is 155 Å². The third-order valence-electron chi connectivity index (χ3n) is 8.51. The first-order valence-corrected chi connectivity index (χ1v) is 19.5. The largest absolute Gasteiger partial charge is 0.544 e. The summed E-state index contributed by atoms with van der Waals surface area (Å²) < 4.78 is 17.1. The first kappa shape index (κ1) is 46.5. The normalized spacial score (nSPS) is 13.4. The molecule has 0 aromatic carbocycles. The number of hydrogen-bond acceptors (Lipinski definition) is 7. The molecule has 0 heterocycles. The number of carboxylic acid groups (broad SMARTS) is 1. The monoisotopic (exact) mass is 692 g/mol. The van der Waals surface area contributed by atoms with Gasteiger partial charge in [0.05, 0.1) is 40.3 Å². The van der Waals surface area contributed by atoms with Crippen molar-refractivity contribution in [1.82, 2.24) is 0 Å². The molecule has 0 amide bonds. The molecule has 0 saturated heterocycles. The van der Waals surface area contributed by atoms with E-state index < -0.39 is 18.1 Å². The van der Waals surface area contributed by atoms with E-state index in [1.54, 1.807) is 21.1 Å². The summed E-state index contributed by atoms with van der Waals surface area (Å²) in [6.07, 6.45) is 34.5. The van der Waals surface area contributed by atoms with Crippen LogP contribution >= 0.6 is 0 Å². The minimum Gasteiger partial charge on any atom is -0.544 e. The summed E-state index contributed by atoms with van der Waals surface area (Å²) in [5.74, 6) is -1.76. The molecule has 2 atom stereocenters. The molecule has 2 unspecified atom stereocenters. The Morgan fingerprint density at radius 2 is 1.14 bits per heavy atom. The van der Waals surface area contributed by atoms with E-state index in [2.05, 4.69) is 50.3 Å². The van der Waals surface area contributed by atoms with E-state index in [0.29, 0.717) is 12.8 Å². The van der Waals surface area contributed by atoms with Crippen LogP contribution in [0.2, 0.25) is 0 Å². The molecule has 0 N–H and O–H groups in total. The molecule has 0 aliphatic carbocycles. The van der Waals surface area contributed by atoms with Crippen molar-refractivity contribution in [1.29, 1.82) is 0 Å². The van der Waals surface area contributed by atoms with Crippen molar-refractivity contribution >= 4 is 17.9 Å². The average Bonchev–Trinajstić information content (AvgIpc) is 3.05. The first-order chi connectivity index (χ1) is 23.6. The lowest BCUT2D eigenvalue weighted by atomic mass is 10.1. The van der Waals surface area contributed by atoms with Gasteiger partial charge in [0.2, 0.25) is 0 Å². The summed E-state index contributed by atoms with van der Waals surface area (Å²) in [6, 6.07) is -0.726. The quantitative estimate of drug-likeness (QED) is 0.0288. The number of hydrogen-bond donors (Lipinski definition) is 0. The second kappa shape index (κ2) is 32.7. The van der Waals surface area contributed by atoms with Crippen LogP contribution in [0.25, 0.3) is 0 Å². The molecular weight excluding hydrogens is 618 g/mol. The maximum atomic E-state index is 12.6. The van der Waals surface area contributed by atoms with Crippen LogP contribution in [-0.4, -0.2) is 75.5 Å². The lowest BCUT2D eigenvalue weighted by Gasteiger charge is -2.34. The Hall–Kier alpha value is -2.45. The van der Waals surface area contributed by atoms with Gasteiger partial charge in [-0.25, -0.2) is 0 Å². The van der Waals surface area contributed by atoms with E-state index in [1.807, 2.05) is 0 Å². The number of rotatable bonds is 34. The lowest BCUT2D eigenvalue weighted by molar-refractivity contribution is -0.889. The van der Waals surface area contributed by atoms with Crippen molar-refractivity contribution in [2.45, 2.75) is 167 Å². The van der Waals surface area contributed by atoms with Gasteiger partial charge in [0, 0.05) is 19.3 Å². The number of nitrogens with zero attached hydrogens (tertiary/aromatic N) is 1. The number of likely N-dealkylation sites (N-methyl/N-ethyl adjacent to an activating group) is 1. The lowest BCUT2D eigenvalue weighted by Crippen LogP contribution is -2.55. The van der Waals surface area contributed by atoms with Crippen molar-refractivity contribution < 1.29 is 38.2 Å². The minimum atomic E-state index is -1.13. The van der Waals surface area contributed by atoms with Crippen molar-refractivity contribution in [3.8, 4) is 0 Å². The Labute approximate surface area is 300 Å². The number of aliphatic carboxylic acids is 1. The van der Waals surface area contributed by atoms with Crippen LogP contribution < -0.4 is 5.11 Å². The molecule has 0 rings (SSSR count). The molecule has 284 valence electrons. The van der Waals surface area contributed by atoms with Crippen LogP contribution in [0.3, 0.4) is 0 Å². The van der Waals surface area contributed by atoms with Crippen molar-refractivity contribution in [2.75, 3.05) is 41.0 Å². The van der Waals surface area contributed by atoms with Crippen LogP contribution in [0, 0.1) is 0 Å². The predicted octanol–water partition coefficient (Wildman–Crippen LogP) is 8.57. The van der Waals surface area contributed by atoms with E-state index in [9.17, 15) is 19.5 Å². The Kier molecular flexibility index (Phi) is 31.1. The Morgan fingerprint density at radius 3 is 1.69 bits per heavy atom. The van der Waals surface area contributed by atoms with Gasteiger partial charge in [0.25, 0.3) is 0 Å². The summed E-state index contributed by atoms with van der Waals surface area (Å²) in [6.45, 7) is 4.48. The van der Waals surface area contributed by atoms with Crippen molar-refractivity contribution in [3.05, 3.63) is 36.5 Å². The van der Waals surface area contributed by atoms with Gasteiger partial charge in [0.1, 0.15) is 12.6 Å². The first-order valence-electron chi connectivity index (χ1n) is 19.5. The molecule has 0 aliphatic heterocycles. The maximum absolute atomic E-state index is 12.6. The molecule has 0 bridgehead atoms. The zero-order valence-electron chi connectivity index (χ0n) is 32.1. The second-order valence-electron chi connectivity index (χ2n) is 14.1. The van der Waals surface area contributed by atoms with E-state index in [0.717, 1.165) is 70.6 Å². The fourth-order valence-corrected chi connectivity index (χ4v) is 5.44. The van der Waals surface area contributed by atoms with Gasteiger partial charge in [-0.05, 0) is 57.8 Å². The van der Waals surface area contributed by atoms with Crippen molar-refractivity contribution in [2.24, 2.45) is 0 Å². The van der Waals surface area contributed by atoms with Crippen LogP contribution in [-0.2, 0) is 28.6 Å². The molecule has 0 aliphatic rings. The summed E-state index contributed by atoms with van der Waals surface area (Å²) >= 11 is 0. The second-order valence-corrected chi connectivity index (χ2v) is 14.1. The fourth-order valence-electron chi connectivity index (χ4n) is 5.44. The third-order valence-corrected chi connectivity index (χ3v) is 8.51. The highest BCUT2D eigenvalue weighted by atomic mass is 16.6. The summed E-state index contributed by atoms with van der Waals surface area (Å²) in [5.41, 5.74) is 0. The number of esters is 2. The maximum Gasteiger partial charge on any atom is 0.306 e. The molecule has 8 nitrogen and oxygen atoms in total. The van der Waals surface area contributed by atoms with Gasteiger partial charge >= 0.3 is 11.9 Å². The topological polar surface area (TPSA) is 102 Å². The number of carbonyl (C=O) groups excluding carboxylic acids is 3. The molecule has 49 heavy (non-hydrogen) atoms. The molecule has 0 aromatic heterocycles. The Morgan fingerprint density at radius 1 is 0.633 bits per heavy atom. The van der Waals surface area contributed by atoms with Crippen molar-refractivity contribution in [3.63, 3.8) is 0 Å². The molecular formula is C41H73NO7. The number of carbonyl (C=O) groups is 3. The molecule has 0 radical (unpaired) electrons. The smallest absolute Gasteiger partial charge is 0.306 e. The minimum absolute atomic E-state index is 0.0352. The van der Waals surface area contributed by atoms with Crippen LogP contribution in [0.5, 0.6) is 0 Å². The zero-order chi connectivity index (χ0) is 36.4. The average molecular weight is 692 g/mol. The van der Waals surface area contributed by atoms with Crippen LogP contribution in [0.15, 0.2) is 36.5 Å². The zero-order valence-corrected chi connectivity index (χ0v) is 32.1. The van der Waals surface area contributed by atoms with E-state index in [4.69, 9.17) is 14.2 Å². The molecule has 0 fully saturated rings. The summed E-state index contributed by atoms with van der Waals surface area (Å²) in [7, 11) is 5.39. The van der Waals surface area contributed by atoms with Gasteiger partial charge in [0.15, 0.2) is 6.10 Å². The highest BCUT2D eigenvalue weighted by molar-refractivity contribution is 5.70. The van der Waals surface area contributed by atoms with E-state index in [-0.39, 0.29) is 42.7 Å². The fraction of sp³-hybridized carbons (Fsp3) is 0.780. The molecule has 0 aromatic rings. The van der Waals surface area contributed by atoms with Gasteiger partial charge in [-0.3, -0.25) is 9.59 Å². The van der Waals surface area contributed by atoms with Gasteiger partial charge in [-0.2, -0.15) is 0 Å². The summed E-state index contributed by atoms with van der Waals surface area (Å²) in [5, 5.41) is 11.6. The van der Waals surface area contributed by atoms with Gasteiger partial charge in [-0.15, -0.1) is 0 Å². The number of ether oxygens (including phenoxy) is 3. The molecule has 0 spiro atoms. The van der Waals surface area contributed by atoms with Gasteiger partial charge in [-0.1, -0.05) is 115 Å². The van der Waals surface area contributed by atoms with E-state index >= 15 is 0 Å². The molecule has 8 heteroatoms. The van der Waals surface area contributed by atoms with E-state index in [1.165, 1.54) is 51.4 Å². The highest BCUT2D eigenvalue weighted by Crippen LogP contribution is 2.13. The number of unbranched alkanes of at least 4 members (excludes halogenated alkanes) is 14. The Bertz CT molecular complexity index is 906. The predicted molar refractivity (Wildman–Crippen MR) is 199 cm³/mol.